The summed E-state index contributed by atoms with van der Waals surface area (Å²) in [6.45, 7) is 0.595. The molecule has 0 saturated carbocycles. The Bertz CT molecular complexity index is 143. The van der Waals surface area contributed by atoms with Crippen molar-refractivity contribution >= 4 is 5.91 Å². The number of rotatable bonds is 7. The maximum atomic E-state index is 11.2. The molecule has 13 heavy (non-hydrogen) atoms. The van der Waals surface area contributed by atoms with Crippen molar-refractivity contribution in [1.29, 1.82) is 0 Å². The van der Waals surface area contributed by atoms with E-state index in [1.54, 1.807) is 0 Å². The fraction of sp³-hybridized carbons (Fsp3) is 0.875. The molecule has 0 atom stereocenters. The monoisotopic (exact) mass is 191 g/mol. The van der Waals surface area contributed by atoms with E-state index >= 15 is 0 Å². The van der Waals surface area contributed by atoms with Gasteiger partial charge in [-0.3, -0.25) is 4.79 Å². The summed E-state index contributed by atoms with van der Waals surface area (Å²) >= 11 is 0. The molecule has 1 amide bonds. The lowest BCUT2D eigenvalue weighted by atomic mass is 9.90. The lowest BCUT2D eigenvalue weighted by molar-refractivity contribution is -0.139. The van der Waals surface area contributed by atoms with Gasteiger partial charge in [0.05, 0.1) is 19.8 Å². The molecule has 5 heteroatoms. The van der Waals surface area contributed by atoms with Gasteiger partial charge in [0.15, 0.2) is 0 Å². The molecule has 0 aromatic rings. The number of amides is 1. The topological polar surface area (TPSA) is 70.8 Å². The minimum absolute atomic E-state index is 0.198. The molecular formula is C8H17NO4. The first-order valence-electron chi connectivity index (χ1n) is 3.89. The molecule has 0 saturated heterocycles. The molecule has 0 spiro atoms. The molecule has 0 unspecified atom stereocenters. The molecule has 2 N–H and O–H groups in total. The Morgan fingerprint density at radius 1 is 1.08 bits per heavy atom. The Morgan fingerprint density at radius 3 is 1.54 bits per heavy atom. The maximum Gasteiger partial charge on any atom is 0.230 e. The third-order valence-electron chi connectivity index (χ3n) is 1.78. The van der Waals surface area contributed by atoms with Gasteiger partial charge in [-0.25, -0.2) is 0 Å². The molecular weight excluding hydrogens is 174 g/mol. The summed E-state index contributed by atoms with van der Waals surface area (Å²) in [4.78, 5) is 11.2. The molecule has 0 aliphatic rings. The van der Waals surface area contributed by atoms with Crippen LogP contribution in [-0.4, -0.2) is 47.1 Å². The van der Waals surface area contributed by atoms with E-state index in [2.05, 4.69) is 0 Å². The van der Waals surface area contributed by atoms with E-state index in [1.165, 1.54) is 21.3 Å². The van der Waals surface area contributed by atoms with Crippen LogP contribution in [0.5, 0.6) is 0 Å². The summed E-state index contributed by atoms with van der Waals surface area (Å²) in [5.41, 5.74) is 4.37. The van der Waals surface area contributed by atoms with Gasteiger partial charge in [0, 0.05) is 21.3 Å². The molecule has 78 valence electrons. The third kappa shape index (κ3) is 3.30. The second-order valence-electron chi connectivity index (χ2n) is 2.94. The van der Waals surface area contributed by atoms with Crippen LogP contribution in [0.4, 0.5) is 0 Å². The van der Waals surface area contributed by atoms with Crippen LogP contribution in [0.3, 0.4) is 0 Å². The maximum absolute atomic E-state index is 11.2. The number of hydrogen-bond acceptors (Lipinski definition) is 4. The summed E-state index contributed by atoms with van der Waals surface area (Å²) in [6.07, 6.45) is 0. The van der Waals surface area contributed by atoms with Crippen LogP contribution < -0.4 is 5.73 Å². The zero-order valence-corrected chi connectivity index (χ0v) is 8.33. The van der Waals surface area contributed by atoms with Crippen LogP contribution in [0, 0.1) is 5.41 Å². The molecule has 0 radical (unpaired) electrons. The van der Waals surface area contributed by atoms with Gasteiger partial charge in [-0.05, 0) is 0 Å². The fourth-order valence-electron chi connectivity index (χ4n) is 1.17. The van der Waals surface area contributed by atoms with Crippen LogP contribution >= 0.6 is 0 Å². The number of carbonyl (C=O) groups is 1. The Kier molecular flexibility index (Phi) is 5.61. The molecule has 0 aromatic carbocycles. The van der Waals surface area contributed by atoms with E-state index in [1.807, 2.05) is 0 Å². The summed E-state index contributed by atoms with van der Waals surface area (Å²) in [5, 5.41) is 0. The second-order valence-corrected chi connectivity index (χ2v) is 2.94. The number of nitrogens with two attached hydrogens (primary N) is 1. The van der Waals surface area contributed by atoms with E-state index < -0.39 is 11.3 Å². The van der Waals surface area contributed by atoms with E-state index in [4.69, 9.17) is 19.9 Å². The zero-order chi connectivity index (χ0) is 10.3. The average molecular weight is 191 g/mol. The van der Waals surface area contributed by atoms with Crippen LogP contribution in [0.1, 0.15) is 0 Å². The standard InChI is InChI=1S/C8H17NO4/c1-11-4-8(5-12-2,6-13-3)7(9)10/h4-6H2,1-3H3,(H2,9,10). The van der Waals surface area contributed by atoms with Crippen molar-refractivity contribution in [3.8, 4) is 0 Å². The molecule has 0 rings (SSSR count). The van der Waals surface area contributed by atoms with Gasteiger partial charge in [0.2, 0.25) is 5.91 Å². The van der Waals surface area contributed by atoms with Crippen molar-refractivity contribution in [3.05, 3.63) is 0 Å². The van der Waals surface area contributed by atoms with Gasteiger partial charge in [-0.1, -0.05) is 0 Å². The minimum atomic E-state index is -0.877. The van der Waals surface area contributed by atoms with Crippen molar-refractivity contribution in [1.82, 2.24) is 0 Å². The number of hydrogen-bond donors (Lipinski definition) is 1. The highest BCUT2D eigenvalue weighted by Gasteiger charge is 2.37. The molecule has 5 nitrogen and oxygen atoms in total. The Labute approximate surface area is 78.1 Å². The number of methoxy groups -OCH3 is 3. The van der Waals surface area contributed by atoms with Crippen molar-refractivity contribution in [2.45, 2.75) is 0 Å². The van der Waals surface area contributed by atoms with Crippen LogP contribution in [-0.2, 0) is 19.0 Å². The Hall–Kier alpha value is -0.650. The number of carbonyl (C=O) groups excluding carboxylic acids is 1. The van der Waals surface area contributed by atoms with E-state index in [0.717, 1.165) is 0 Å². The molecule has 0 bridgehead atoms. The lowest BCUT2D eigenvalue weighted by Gasteiger charge is -2.27. The van der Waals surface area contributed by atoms with Crippen molar-refractivity contribution in [2.75, 3.05) is 41.2 Å². The smallest absolute Gasteiger partial charge is 0.230 e. The van der Waals surface area contributed by atoms with Gasteiger partial charge in [-0.15, -0.1) is 0 Å². The van der Waals surface area contributed by atoms with E-state index in [9.17, 15) is 4.79 Å². The Morgan fingerprint density at radius 2 is 1.38 bits per heavy atom. The average Bonchev–Trinajstić information content (AvgIpc) is 2.05. The molecule has 0 heterocycles. The van der Waals surface area contributed by atoms with Gasteiger partial charge in [-0.2, -0.15) is 0 Å². The summed E-state index contributed by atoms with van der Waals surface area (Å²) < 4.78 is 14.7. The normalized spacial score (nSPS) is 11.6. The molecule has 0 aliphatic heterocycles. The van der Waals surface area contributed by atoms with Gasteiger partial charge >= 0.3 is 0 Å². The van der Waals surface area contributed by atoms with Gasteiger partial charge < -0.3 is 19.9 Å². The number of primary amides is 1. The predicted molar refractivity (Wildman–Crippen MR) is 47.3 cm³/mol. The van der Waals surface area contributed by atoms with Crippen LogP contribution in [0.25, 0.3) is 0 Å². The highest BCUT2D eigenvalue weighted by Crippen LogP contribution is 2.17. The van der Waals surface area contributed by atoms with Crippen LogP contribution in [0.2, 0.25) is 0 Å². The van der Waals surface area contributed by atoms with E-state index in [0.29, 0.717) is 0 Å². The minimum Gasteiger partial charge on any atom is -0.383 e. The largest absolute Gasteiger partial charge is 0.383 e. The van der Waals surface area contributed by atoms with Gasteiger partial charge in [0.1, 0.15) is 5.41 Å². The number of ether oxygens (including phenoxy) is 3. The quantitative estimate of drug-likeness (QED) is 0.583. The van der Waals surface area contributed by atoms with Crippen molar-refractivity contribution in [2.24, 2.45) is 11.1 Å². The summed E-state index contributed by atoms with van der Waals surface area (Å²) in [6, 6.07) is 0. The highest BCUT2D eigenvalue weighted by molar-refractivity contribution is 5.81. The highest BCUT2D eigenvalue weighted by atomic mass is 16.5. The zero-order valence-electron chi connectivity index (χ0n) is 8.33. The third-order valence-corrected chi connectivity index (χ3v) is 1.78. The fourth-order valence-corrected chi connectivity index (χ4v) is 1.17. The van der Waals surface area contributed by atoms with Gasteiger partial charge in [0.25, 0.3) is 0 Å². The van der Waals surface area contributed by atoms with Crippen molar-refractivity contribution < 1.29 is 19.0 Å². The molecule has 0 fully saturated rings. The predicted octanol–water partition coefficient (Wildman–Crippen LogP) is -0.603. The van der Waals surface area contributed by atoms with Crippen LogP contribution in [0.15, 0.2) is 0 Å². The molecule has 0 aromatic heterocycles. The first kappa shape index (κ1) is 12.3. The summed E-state index contributed by atoms with van der Waals surface area (Å²) in [5.74, 6) is -0.474. The first-order chi connectivity index (χ1) is 6.13. The summed E-state index contributed by atoms with van der Waals surface area (Å²) in [7, 11) is 4.51. The SMILES string of the molecule is COCC(COC)(COC)C(N)=O. The first-order valence-corrected chi connectivity index (χ1v) is 3.89. The van der Waals surface area contributed by atoms with E-state index in [-0.39, 0.29) is 19.8 Å². The Balaban J connectivity index is 4.48. The van der Waals surface area contributed by atoms with Crippen molar-refractivity contribution in [3.63, 3.8) is 0 Å². The molecule has 0 aliphatic carbocycles. The lowest BCUT2D eigenvalue weighted by Crippen LogP contribution is -2.47. The second kappa shape index (κ2) is 5.90.